The summed E-state index contributed by atoms with van der Waals surface area (Å²) in [7, 11) is -2.92. The second kappa shape index (κ2) is 5.63. The Bertz CT molecular complexity index is 340. The number of hydrogen-bond donors (Lipinski definition) is 1. The van der Waals surface area contributed by atoms with Crippen LogP contribution in [0.5, 0.6) is 0 Å². The molecule has 94 valence electrons. The van der Waals surface area contributed by atoms with Gasteiger partial charge in [0.2, 0.25) is 5.91 Å². The minimum Gasteiger partial charge on any atom is -0.326 e. The summed E-state index contributed by atoms with van der Waals surface area (Å²) < 4.78 is 21.9. The summed E-state index contributed by atoms with van der Waals surface area (Å²) in [4.78, 5) is 13.3. The van der Waals surface area contributed by atoms with Crippen molar-refractivity contribution < 1.29 is 13.2 Å². The maximum Gasteiger partial charge on any atom is 0.237 e. The van der Waals surface area contributed by atoms with Crippen molar-refractivity contribution >= 4 is 15.7 Å². The fourth-order valence-electron chi connectivity index (χ4n) is 1.90. The average Bonchev–Trinajstić information content (AvgIpc) is 2.48. The van der Waals surface area contributed by atoms with Gasteiger partial charge in [0.1, 0.15) is 9.84 Å². The molecule has 0 saturated carbocycles. The van der Waals surface area contributed by atoms with Crippen molar-refractivity contribution in [1.29, 1.82) is 0 Å². The van der Waals surface area contributed by atoms with E-state index in [0.29, 0.717) is 19.5 Å². The molecule has 1 fully saturated rings. The van der Waals surface area contributed by atoms with Crippen LogP contribution in [-0.4, -0.2) is 50.5 Å². The zero-order chi connectivity index (χ0) is 12.2. The van der Waals surface area contributed by atoms with Gasteiger partial charge < -0.3 is 4.90 Å². The Hall–Kier alpha value is -0.620. The summed E-state index contributed by atoms with van der Waals surface area (Å²) in [6.07, 6.45) is 3.77. The Balaban J connectivity index is 2.41. The Morgan fingerprint density at radius 1 is 1.50 bits per heavy atom. The third kappa shape index (κ3) is 4.09. The van der Waals surface area contributed by atoms with E-state index in [9.17, 15) is 13.2 Å². The number of hydrogen-bond acceptors (Lipinski definition) is 4. The number of rotatable bonds is 6. The summed E-state index contributed by atoms with van der Waals surface area (Å²) in [5.41, 5.74) is 0. The van der Waals surface area contributed by atoms with Crippen LogP contribution in [0.15, 0.2) is 0 Å². The van der Waals surface area contributed by atoms with Gasteiger partial charge in [-0.2, -0.15) is 0 Å². The lowest BCUT2D eigenvalue weighted by molar-refractivity contribution is -0.128. The van der Waals surface area contributed by atoms with Crippen LogP contribution < -0.4 is 5.32 Å². The largest absolute Gasteiger partial charge is 0.326 e. The Labute approximate surface area is 97.1 Å². The molecule has 1 N–H and O–H groups in total. The molecule has 0 radical (unpaired) electrons. The fraction of sp³-hybridized carbons (Fsp3) is 0.900. The molecule has 1 amide bonds. The lowest BCUT2D eigenvalue weighted by Gasteiger charge is -2.23. The molecule has 1 unspecified atom stereocenters. The summed E-state index contributed by atoms with van der Waals surface area (Å²) >= 11 is 0. The highest BCUT2D eigenvalue weighted by atomic mass is 32.2. The standard InChI is InChI=1S/C10H20N2O3S/c1-3-5-9-11-8-10(13)12(9)6-4-7-16(2,14)15/h9,11H,3-8H2,1-2H3. The van der Waals surface area contributed by atoms with Gasteiger partial charge in [-0.25, -0.2) is 8.42 Å². The van der Waals surface area contributed by atoms with Crippen LogP contribution in [0, 0.1) is 0 Å². The Morgan fingerprint density at radius 3 is 2.75 bits per heavy atom. The third-order valence-corrected chi connectivity index (χ3v) is 3.69. The van der Waals surface area contributed by atoms with Gasteiger partial charge in [-0.3, -0.25) is 10.1 Å². The average molecular weight is 248 g/mol. The quantitative estimate of drug-likeness (QED) is 0.717. The van der Waals surface area contributed by atoms with Crippen LogP contribution >= 0.6 is 0 Å². The molecule has 0 bridgehead atoms. The number of nitrogens with zero attached hydrogens (tertiary/aromatic N) is 1. The van der Waals surface area contributed by atoms with Gasteiger partial charge in [0.25, 0.3) is 0 Å². The minimum absolute atomic E-state index is 0.0759. The van der Waals surface area contributed by atoms with Crippen molar-refractivity contribution in [3.63, 3.8) is 0 Å². The zero-order valence-corrected chi connectivity index (χ0v) is 10.7. The molecule has 0 aromatic heterocycles. The van der Waals surface area contributed by atoms with Crippen molar-refractivity contribution in [3.8, 4) is 0 Å². The summed E-state index contributed by atoms with van der Waals surface area (Å²) in [6, 6.07) is 0. The molecule has 1 aliphatic heterocycles. The number of sulfone groups is 1. The van der Waals surface area contributed by atoms with Gasteiger partial charge >= 0.3 is 0 Å². The molecule has 0 spiro atoms. The molecule has 1 rings (SSSR count). The molecule has 0 aromatic rings. The smallest absolute Gasteiger partial charge is 0.237 e. The maximum atomic E-state index is 11.5. The molecule has 5 nitrogen and oxygen atoms in total. The first-order valence-electron chi connectivity index (χ1n) is 5.64. The van der Waals surface area contributed by atoms with E-state index in [1.54, 1.807) is 4.90 Å². The predicted molar refractivity (Wildman–Crippen MR) is 62.7 cm³/mol. The maximum absolute atomic E-state index is 11.5. The van der Waals surface area contributed by atoms with Gasteiger partial charge in [0.05, 0.1) is 18.5 Å². The first-order valence-corrected chi connectivity index (χ1v) is 7.70. The molecule has 1 saturated heterocycles. The van der Waals surface area contributed by atoms with Crippen molar-refractivity contribution in [2.75, 3.05) is 25.1 Å². The number of nitrogens with one attached hydrogen (secondary N) is 1. The lowest BCUT2D eigenvalue weighted by Crippen LogP contribution is -2.38. The molecule has 0 aromatic carbocycles. The van der Waals surface area contributed by atoms with Crippen LogP contribution in [0.2, 0.25) is 0 Å². The summed E-state index contributed by atoms with van der Waals surface area (Å²) in [5, 5.41) is 3.13. The van der Waals surface area contributed by atoms with Gasteiger partial charge in [-0.05, 0) is 12.8 Å². The third-order valence-electron chi connectivity index (χ3n) is 2.66. The second-order valence-corrected chi connectivity index (χ2v) is 6.52. The lowest BCUT2D eigenvalue weighted by atomic mass is 10.2. The highest BCUT2D eigenvalue weighted by Crippen LogP contribution is 2.11. The van der Waals surface area contributed by atoms with Gasteiger partial charge in [-0.15, -0.1) is 0 Å². The summed E-state index contributed by atoms with van der Waals surface area (Å²) in [6.45, 7) is 2.98. The first kappa shape index (κ1) is 13.4. The van der Waals surface area contributed by atoms with E-state index < -0.39 is 9.84 Å². The van der Waals surface area contributed by atoms with Crippen LogP contribution in [0.25, 0.3) is 0 Å². The highest BCUT2D eigenvalue weighted by Gasteiger charge is 2.28. The Kier molecular flexibility index (Phi) is 4.73. The van der Waals surface area contributed by atoms with Crippen LogP contribution in [0.4, 0.5) is 0 Å². The molecule has 6 heteroatoms. The van der Waals surface area contributed by atoms with Crippen LogP contribution in [0.1, 0.15) is 26.2 Å². The van der Waals surface area contributed by atoms with Crippen molar-refractivity contribution in [3.05, 3.63) is 0 Å². The molecule has 1 heterocycles. The van der Waals surface area contributed by atoms with E-state index in [1.165, 1.54) is 6.26 Å². The topological polar surface area (TPSA) is 66.5 Å². The molecular formula is C10H20N2O3S. The van der Waals surface area contributed by atoms with Gasteiger partial charge in [0, 0.05) is 12.8 Å². The van der Waals surface area contributed by atoms with Crippen LogP contribution in [-0.2, 0) is 14.6 Å². The van der Waals surface area contributed by atoms with E-state index in [4.69, 9.17) is 0 Å². The number of carbonyl (C=O) groups excluding carboxylic acids is 1. The minimum atomic E-state index is -2.92. The first-order chi connectivity index (χ1) is 7.44. The van der Waals surface area contributed by atoms with E-state index in [-0.39, 0.29) is 17.8 Å². The summed E-state index contributed by atoms with van der Waals surface area (Å²) in [5.74, 6) is 0.224. The monoisotopic (exact) mass is 248 g/mol. The SMILES string of the molecule is CCCC1NCC(=O)N1CCCS(C)(=O)=O. The molecule has 1 atom stereocenters. The van der Waals surface area contributed by atoms with E-state index in [0.717, 1.165) is 12.8 Å². The second-order valence-electron chi connectivity index (χ2n) is 4.26. The molecular weight excluding hydrogens is 228 g/mol. The fourth-order valence-corrected chi connectivity index (χ4v) is 2.55. The predicted octanol–water partition coefficient (Wildman–Crippen LogP) is -0.0209. The van der Waals surface area contributed by atoms with Crippen LogP contribution in [0.3, 0.4) is 0 Å². The van der Waals surface area contributed by atoms with Crippen molar-refractivity contribution in [1.82, 2.24) is 10.2 Å². The Morgan fingerprint density at radius 2 is 2.19 bits per heavy atom. The van der Waals surface area contributed by atoms with Crippen molar-refractivity contribution in [2.45, 2.75) is 32.4 Å². The van der Waals surface area contributed by atoms with Gasteiger partial charge in [-0.1, -0.05) is 13.3 Å². The van der Waals surface area contributed by atoms with E-state index in [2.05, 4.69) is 12.2 Å². The zero-order valence-electron chi connectivity index (χ0n) is 9.90. The van der Waals surface area contributed by atoms with Crippen molar-refractivity contribution in [2.24, 2.45) is 0 Å². The number of amides is 1. The molecule has 1 aliphatic rings. The van der Waals surface area contributed by atoms with E-state index in [1.807, 2.05) is 0 Å². The molecule has 16 heavy (non-hydrogen) atoms. The molecule has 0 aliphatic carbocycles. The van der Waals surface area contributed by atoms with Gasteiger partial charge in [0.15, 0.2) is 0 Å². The number of carbonyl (C=O) groups is 1. The highest BCUT2D eigenvalue weighted by molar-refractivity contribution is 7.90. The van der Waals surface area contributed by atoms with E-state index >= 15 is 0 Å². The normalized spacial score (nSPS) is 21.8.